The van der Waals surface area contributed by atoms with Gasteiger partial charge in [-0.05, 0) is 22.9 Å². The first-order chi connectivity index (χ1) is 11.3. The number of rotatable bonds is 4. The van der Waals surface area contributed by atoms with Crippen molar-refractivity contribution in [3.63, 3.8) is 0 Å². The van der Waals surface area contributed by atoms with E-state index in [4.69, 9.17) is 17.3 Å². The monoisotopic (exact) mass is 358 g/mol. The summed E-state index contributed by atoms with van der Waals surface area (Å²) in [6.45, 7) is 0.157. The van der Waals surface area contributed by atoms with E-state index >= 15 is 0 Å². The van der Waals surface area contributed by atoms with Crippen LogP contribution in [0.3, 0.4) is 0 Å². The fourth-order valence-electron chi connectivity index (χ4n) is 2.14. The lowest BCUT2D eigenvalue weighted by molar-refractivity contribution is -0.138. The predicted octanol–water partition coefficient (Wildman–Crippen LogP) is 3.17. The summed E-state index contributed by atoms with van der Waals surface area (Å²) in [5, 5.41) is 19.3. The summed E-state index contributed by atoms with van der Waals surface area (Å²) >= 11 is 6.06. The van der Waals surface area contributed by atoms with E-state index < -0.39 is 11.7 Å². The number of nitrogens with zero attached hydrogens (tertiary/aromatic N) is 5. The molecule has 0 spiro atoms. The van der Waals surface area contributed by atoms with Gasteiger partial charge < -0.3 is 11.1 Å². The predicted molar refractivity (Wildman–Crippen MR) is 81.4 cm³/mol. The Bertz CT molecular complexity index is 826. The zero-order valence-electron chi connectivity index (χ0n) is 11.9. The Morgan fingerprint density at radius 2 is 2.12 bits per heavy atom. The lowest BCUT2D eigenvalue weighted by Gasteiger charge is -2.16. The van der Waals surface area contributed by atoms with Gasteiger partial charge in [0.1, 0.15) is 6.54 Å². The normalized spacial score (nSPS) is 14.1. The van der Waals surface area contributed by atoms with Crippen molar-refractivity contribution in [2.75, 3.05) is 17.6 Å². The van der Waals surface area contributed by atoms with Gasteiger partial charge in [-0.3, -0.25) is 0 Å². The molecule has 126 valence electrons. The summed E-state index contributed by atoms with van der Waals surface area (Å²) in [5.74, 6) is 0.0604. The second kappa shape index (κ2) is 6.07. The van der Waals surface area contributed by atoms with Crippen molar-refractivity contribution in [3.05, 3.63) is 28.3 Å². The standard InChI is InChI=1S/C12H10ClF3N8/c13-9-3-5(19-11-20-10(17)22-23-11)2-8(12(14,15)16)7(9)1-6-4-18-24-21-6/h2-3H,1,4H2,(H4,17,19,20,22,23). The van der Waals surface area contributed by atoms with Gasteiger partial charge in [0.15, 0.2) is 0 Å². The first-order valence-electron chi connectivity index (χ1n) is 6.59. The maximum atomic E-state index is 13.4. The molecule has 0 fully saturated rings. The van der Waals surface area contributed by atoms with Gasteiger partial charge in [0.05, 0.1) is 11.3 Å². The Kier molecular flexibility index (Phi) is 4.09. The highest BCUT2D eigenvalue weighted by Gasteiger charge is 2.35. The SMILES string of the molecule is Nc1nc(Nc2cc(Cl)c(CC3=NN=NC3)c(C(F)(F)F)c2)n[nH]1. The Balaban J connectivity index is 1.96. The van der Waals surface area contributed by atoms with Crippen molar-refractivity contribution in [2.45, 2.75) is 12.6 Å². The molecule has 1 aliphatic heterocycles. The molecule has 0 amide bonds. The van der Waals surface area contributed by atoms with Gasteiger partial charge in [-0.2, -0.15) is 23.3 Å². The van der Waals surface area contributed by atoms with Crippen LogP contribution in [-0.4, -0.2) is 27.4 Å². The topological polar surface area (TPSA) is 117 Å². The van der Waals surface area contributed by atoms with Crippen LogP contribution < -0.4 is 11.1 Å². The van der Waals surface area contributed by atoms with E-state index in [1.54, 1.807) is 0 Å². The molecule has 8 nitrogen and oxygen atoms in total. The molecule has 0 bridgehead atoms. The van der Waals surface area contributed by atoms with Gasteiger partial charge >= 0.3 is 6.18 Å². The average molecular weight is 359 g/mol. The van der Waals surface area contributed by atoms with E-state index in [0.717, 1.165) is 6.07 Å². The number of nitrogens with two attached hydrogens (primary N) is 1. The third kappa shape index (κ3) is 3.45. The van der Waals surface area contributed by atoms with E-state index in [0.29, 0.717) is 5.71 Å². The summed E-state index contributed by atoms with van der Waals surface area (Å²) in [4.78, 5) is 3.76. The van der Waals surface area contributed by atoms with E-state index in [1.165, 1.54) is 6.07 Å². The Morgan fingerprint density at radius 3 is 2.71 bits per heavy atom. The number of aromatic nitrogens is 3. The average Bonchev–Trinajstić information content (AvgIpc) is 3.12. The van der Waals surface area contributed by atoms with E-state index in [2.05, 4.69) is 35.9 Å². The highest BCUT2D eigenvalue weighted by atomic mass is 35.5. The van der Waals surface area contributed by atoms with E-state index in [1.807, 2.05) is 0 Å². The summed E-state index contributed by atoms with van der Waals surface area (Å²) in [7, 11) is 0. The zero-order chi connectivity index (χ0) is 17.3. The number of hydrogen-bond acceptors (Lipinski definition) is 7. The molecule has 24 heavy (non-hydrogen) atoms. The van der Waals surface area contributed by atoms with Gasteiger partial charge in [0.25, 0.3) is 0 Å². The van der Waals surface area contributed by atoms with Crippen molar-refractivity contribution in [1.82, 2.24) is 15.2 Å². The third-order valence-electron chi connectivity index (χ3n) is 3.14. The number of nitrogen functional groups attached to an aromatic ring is 1. The van der Waals surface area contributed by atoms with Crippen molar-refractivity contribution >= 4 is 34.9 Å². The summed E-state index contributed by atoms with van der Waals surface area (Å²) in [5.41, 5.74) is 4.89. The minimum Gasteiger partial charge on any atom is -0.368 e. The molecule has 0 aliphatic carbocycles. The highest BCUT2D eigenvalue weighted by Crippen LogP contribution is 2.38. The minimum atomic E-state index is -4.60. The van der Waals surface area contributed by atoms with Gasteiger partial charge in [0, 0.05) is 17.1 Å². The minimum absolute atomic E-state index is 0.0298. The molecule has 0 atom stereocenters. The summed E-state index contributed by atoms with van der Waals surface area (Å²) in [6, 6.07) is 2.28. The number of aromatic amines is 1. The molecule has 1 aliphatic rings. The van der Waals surface area contributed by atoms with Crippen LogP contribution >= 0.6 is 11.6 Å². The quantitative estimate of drug-likeness (QED) is 0.778. The van der Waals surface area contributed by atoms with Crippen LogP contribution in [0.5, 0.6) is 0 Å². The molecule has 0 saturated heterocycles. The molecular weight excluding hydrogens is 349 g/mol. The number of nitrogens with one attached hydrogen (secondary N) is 2. The molecule has 2 heterocycles. The zero-order valence-corrected chi connectivity index (χ0v) is 12.7. The highest BCUT2D eigenvalue weighted by molar-refractivity contribution is 6.32. The van der Waals surface area contributed by atoms with Crippen molar-refractivity contribution in [2.24, 2.45) is 15.4 Å². The Morgan fingerprint density at radius 1 is 1.33 bits per heavy atom. The first-order valence-corrected chi connectivity index (χ1v) is 6.97. The molecular formula is C12H10ClF3N8. The molecule has 0 radical (unpaired) electrons. The largest absolute Gasteiger partial charge is 0.416 e. The summed E-state index contributed by atoms with van der Waals surface area (Å²) < 4.78 is 40.2. The molecule has 4 N–H and O–H groups in total. The first kappa shape index (κ1) is 16.2. The number of H-pyrrole nitrogens is 1. The second-order valence-corrected chi connectivity index (χ2v) is 5.29. The van der Waals surface area contributed by atoms with Crippen molar-refractivity contribution < 1.29 is 13.2 Å². The van der Waals surface area contributed by atoms with Crippen molar-refractivity contribution in [1.29, 1.82) is 0 Å². The van der Waals surface area contributed by atoms with E-state index in [-0.39, 0.29) is 41.1 Å². The van der Waals surface area contributed by atoms with Crippen LogP contribution in [0.1, 0.15) is 11.1 Å². The number of anilines is 3. The van der Waals surface area contributed by atoms with Crippen LogP contribution in [0, 0.1) is 0 Å². The van der Waals surface area contributed by atoms with Gasteiger partial charge in [-0.25, -0.2) is 5.10 Å². The van der Waals surface area contributed by atoms with Gasteiger partial charge in [0.2, 0.25) is 11.9 Å². The van der Waals surface area contributed by atoms with E-state index in [9.17, 15) is 13.2 Å². The van der Waals surface area contributed by atoms with Crippen molar-refractivity contribution in [3.8, 4) is 0 Å². The van der Waals surface area contributed by atoms with Crippen LogP contribution in [0.15, 0.2) is 27.6 Å². The second-order valence-electron chi connectivity index (χ2n) is 4.88. The molecule has 3 rings (SSSR count). The molecule has 2 aromatic rings. The molecule has 0 unspecified atom stereocenters. The number of halogens is 4. The number of hydrogen-bond donors (Lipinski definition) is 3. The molecule has 1 aromatic carbocycles. The van der Waals surface area contributed by atoms with Crippen LogP contribution in [0.4, 0.5) is 30.8 Å². The Labute approximate surface area is 138 Å². The van der Waals surface area contributed by atoms with Crippen LogP contribution in [0.25, 0.3) is 0 Å². The Hall–Kier alpha value is -2.69. The van der Waals surface area contributed by atoms with Gasteiger partial charge in [-0.1, -0.05) is 11.6 Å². The molecule has 0 saturated carbocycles. The summed E-state index contributed by atoms with van der Waals surface area (Å²) in [6.07, 6.45) is -4.68. The lowest BCUT2D eigenvalue weighted by Crippen LogP contribution is -2.14. The van der Waals surface area contributed by atoms with Crippen LogP contribution in [-0.2, 0) is 12.6 Å². The number of benzene rings is 1. The van der Waals surface area contributed by atoms with Crippen LogP contribution in [0.2, 0.25) is 5.02 Å². The van der Waals surface area contributed by atoms with Gasteiger partial charge in [-0.15, -0.1) is 10.2 Å². The fraction of sp³-hybridized carbons (Fsp3) is 0.250. The smallest absolute Gasteiger partial charge is 0.368 e. The maximum absolute atomic E-state index is 13.4. The molecule has 12 heteroatoms. The maximum Gasteiger partial charge on any atom is 0.416 e. The number of alkyl halides is 3. The molecule has 1 aromatic heterocycles. The lowest BCUT2D eigenvalue weighted by atomic mass is 10.0. The fourth-order valence-corrected chi connectivity index (χ4v) is 2.42. The third-order valence-corrected chi connectivity index (χ3v) is 3.48.